The molecule has 1 aliphatic carbocycles. The maximum atomic E-state index is 5.00. The van der Waals surface area contributed by atoms with E-state index in [0.717, 1.165) is 36.6 Å². The maximum Gasteiger partial charge on any atom is 0.182 e. The summed E-state index contributed by atoms with van der Waals surface area (Å²) in [4.78, 5) is 4.23. The van der Waals surface area contributed by atoms with Gasteiger partial charge in [-0.1, -0.05) is 19.8 Å². The molecule has 0 amide bonds. The monoisotopic (exact) mass is 334 g/mol. The van der Waals surface area contributed by atoms with Crippen molar-refractivity contribution in [3.05, 3.63) is 35.8 Å². The average Bonchev–Trinajstić information content (AvgIpc) is 3.39. The minimum absolute atomic E-state index is 0.513. The Morgan fingerprint density at radius 2 is 2.00 bits per heavy atom. The second-order valence-corrected chi connectivity index (χ2v) is 7.00. The summed E-state index contributed by atoms with van der Waals surface area (Å²) in [6.07, 6.45) is 10.7. The van der Waals surface area contributed by atoms with Crippen molar-refractivity contribution in [1.29, 1.82) is 0 Å². The summed E-state index contributed by atoms with van der Waals surface area (Å²) in [5.74, 6) is 1.88. The molecule has 0 aromatic carbocycles. The van der Waals surface area contributed by atoms with Crippen LogP contribution in [0.4, 0.5) is 0 Å². The number of aromatic nitrogens is 6. The SMILES string of the molecule is CCc1nn(C2CCCC2)c2c1CCn1c(-c3cccnc3)nnc1-2. The summed E-state index contributed by atoms with van der Waals surface area (Å²) in [6.45, 7) is 3.10. The first kappa shape index (κ1) is 14.8. The molecular formula is C19H22N6. The molecule has 0 saturated heterocycles. The molecule has 0 bridgehead atoms. The molecule has 1 fully saturated rings. The van der Waals surface area contributed by atoms with Crippen molar-refractivity contribution in [2.45, 2.75) is 58.0 Å². The Morgan fingerprint density at radius 1 is 1.16 bits per heavy atom. The van der Waals surface area contributed by atoms with Crippen molar-refractivity contribution in [1.82, 2.24) is 29.5 Å². The van der Waals surface area contributed by atoms with Gasteiger partial charge in [-0.2, -0.15) is 5.10 Å². The fraction of sp³-hybridized carbons (Fsp3) is 0.474. The number of hydrogen-bond donors (Lipinski definition) is 0. The fourth-order valence-electron chi connectivity index (χ4n) is 4.33. The van der Waals surface area contributed by atoms with Crippen LogP contribution < -0.4 is 0 Å². The highest BCUT2D eigenvalue weighted by Crippen LogP contribution is 2.39. The molecule has 6 nitrogen and oxygen atoms in total. The standard InChI is InChI=1S/C19H22N6/c1-2-16-15-9-11-24-18(13-6-5-10-20-12-13)21-22-19(24)17(15)25(23-16)14-7-3-4-8-14/h5-6,10,12,14H,2-4,7-9,11H2,1H3. The zero-order chi connectivity index (χ0) is 16.8. The average molecular weight is 334 g/mol. The van der Waals surface area contributed by atoms with Crippen molar-refractivity contribution in [3.8, 4) is 22.9 Å². The molecule has 0 spiro atoms. The highest BCUT2D eigenvalue weighted by Gasteiger charge is 2.32. The topological polar surface area (TPSA) is 61.4 Å². The van der Waals surface area contributed by atoms with Crippen LogP contribution >= 0.6 is 0 Å². The second kappa shape index (κ2) is 5.79. The minimum atomic E-state index is 0.513. The van der Waals surface area contributed by atoms with E-state index in [-0.39, 0.29) is 0 Å². The van der Waals surface area contributed by atoms with Crippen LogP contribution in [-0.2, 0) is 19.4 Å². The predicted molar refractivity (Wildman–Crippen MR) is 95.1 cm³/mol. The summed E-state index contributed by atoms with van der Waals surface area (Å²) in [7, 11) is 0. The van der Waals surface area contributed by atoms with E-state index in [4.69, 9.17) is 5.10 Å². The van der Waals surface area contributed by atoms with Crippen molar-refractivity contribution in [2.24, 2.45) is 0 Å². The number of rotatable bonds is 3. The molecule has 6 heteroatoms. The van der Waals surface area contributed by atoms with Gasteiger partial charge >= 0.3 is 0 Å². The molecule has 4 heterocycles. The molecule has 2 aliphatic rings. The lowest BCUT2D eigenvalue weighted by molar-refractivity contribution is 0.464. The van der Waals surface area contributed by atoms with E-state index in [9.17, 15) is 0 Å². The van der Waals surface area contributed by atoms with Gasteiger partial charge in [-0.05, 0) is 37.8 Å². The van der Waals surface area contributed by atoms with Gasteiger partial charge in [0.15, 0.2) is 11.6 Å². The molecular weight excluding hydrogens is 312 g/mol. The van der Waals surface area contributed by atoms with Crippen molar-refractivity contribution < 1.29 is 0 Å². The van der Waals surface area contributed by atoms with Gasteiger partial charge in [-0.15, -0.1) is 10.2 Å². The Balaban J connectivity index is 1.68. The third-order valence-corrected chi connectivity index (χ3v) is 5.56. The number of nitrogens with zero attached hydrogens (tertiary/aromatic N) is 6. The van der Waals surface area contributed by atoms with Crippen LogP contribution in [0, 0.1) is 0 Å². The quantitative estimate of drug-likeness (QED) is 0.736. The van der Waals surface area contributed by atoms with Crippen LogP contribution in [0.1, 0.15) is 49.9 Å². The molecule has 0 radical (unpaired) electrons. The minimum Gasteiger partial charge on any atom is -0.305 e. The number of hydrogen-bond acceptors (Lipinski definition) is 4. The van der Waals surface area contributed by atoms with Crippen LogP contribution in [0.15, 0.2) is 24.5 Å². The van der Waals surface area contributed by atoms with Gasteiger partial charge in [0.2, 0.25) is 0 Å². The zero-order valence-corrected chi connectivity index (χ0v) is 14.5. The number of aryl methyl sites for hydroxylation is 1. The van der Waals surface area contributed by atoms with Gasteiger partial charge in [-0.25, -0.2) is 0 Å². The summed E-state index contributed by atoms with van der Waals surface area (Å²) >= 11 is 0. The lowest BCUT2D eigenvalue weighted by atomic mass is 10.0. The van der Waals surface area contributed by atoms with E-state index in [0.29, 0.717) is 6.04 Å². The normalized spacial score (nSPS) is 16.8. The van der Waals surface area contributed by atoms with Gasteiger partial charge in [0.05, 0.1) is 11.7 Å². The number of fused-ring (bicyclic) bond motifs is 3. The van der Waals surface area contributed by atoms with Crippen LogP contribution in [-0.4, -0.2) is 29.5 Å². The molecule has 3 aromatic rings. The van der Waals surface area contributed by atoms with E-state index in [1.54, 1.807) is 6.20 Å². The first-order valence-corrected chi connectivity index (χ1v) is 9.31. The first-order chi connectivity index (χ1) is 12.4. The Kier molecular flexibility index (Phi) is 3.43. The van der Waals surface area contributed by atoms with Crippen molar-refractivity contribution in [3.63, 3.8) is 0 Å². The molecule has 0 atom stereocenters. The Morgan fingerprint density at radius 3 is 2.76 bits per heavy atom. The van der Waals surface area contributed by atoms with Gasteiger partial charge in [0.1, 0.15) is 5.69 Å². The summed E-state index contributed by atoms with van der Waals surface area (Å²) in [6, 6.07) is 4.51. The summed E-state index contributed by atoms with van der Waals surface area (Å²) < 4.78 is 4.51. The lowest BCUT2D eigenvalue weighted by Crippen LogP contribution is -2.16. The Bertz CT molecular complexity index is 902. The lowest BCUT2D eigenvalue weighted by Gasteiger charge is -2.20. The maximum absolute atomic E-state index is 5.00. The third kappa shape index (κ3) is 2.23. The van der Waals surface area contributed by atoms with Crippen LogP contribution in [0.25, 0.3) is 22.9 Å². The van der Waals surface area contributed by atoms with Gasteiger partial charge in [0.25, 0.3) is 0 Å². The molecule has 3 aromatic heterocycles. The van der Waals surface area contributed by atoms with E-state index < -0.39 is 0 Å². The molecule has 1 saturated carbocycles. The van der Waals surface area contributed by atoms with Crippen molar-refractivity contribution in [2.75, 3.05) is 0 Å². The highest BCUT2D eigenvalue weighted by atomic mass is 15.4. The molecule has 0 unspecified atom stereocenters. The molecule has 0 N–H and O–H groups in total. The first-order valence-electron chi connectivity index (χ1n) is 9.31. The largest absolute Gasteiger partial charge is 0.305 e. The fourth-order valence-corrected chi connectivity index (χ4v) is 4.33. The van der Waals surface area contributed by atoms with E-state index >= 15 is 0 Å². The third-order valence-electron chi connectivity index (χ3n) is 5.56. The molecule has 128 valence electrons. The smallest absolute Gasteiger partial charge is 0.182 e. The molecule has 5 rings (SSSR count). The predicted octanol–water partition coefficient (Wildman–Crippen LogP) is 3.44. The van der Waals surface area contributed by atoms with E-state index in [2.05, 4.69) is 31.4 Å². The highest BCUT2D eigenvalue weighted by molar-refractivity contribution is 5.65. The summed E-state index contributed by atoms with van der Waals surface area (Å²) in [5, 5.41) is 14.1. The van der Waals surface area contributed by atoms with Crippen molar-refractivity contribution >= 4 is 0 Å². The van der Waals surface area contributed by atoms with E-state index in [1.165, 1.54) is 42.6 Å². The Hall–Kier alpha value is -2.50. The number of pyridine rings is 1. The Labute approximate surface area is 146 Å². The molecule has 25 heavy (non-hydrogen) atoms. The van der Waals surface area contributed by atoms with Gasteiger partial charge in [0, 0.05) is 30.1 Å². The van der Waals surface area contributed by atoms with E-state index in [1.807, 2.05) is 18.3 Å². The van der Waals surface area contributed by atoms with Gasteiger partial charge < -0.3 is 4.57 Å². The van der Waals surface area contributed by atoms with Crippen LogP contribution in [0.3, 0.4) is 0 Å². The van der Waals surface area contributed by atoms with Crippen LogP contribution in [0.5, 0.6) is 0 Å². The summed E-state index contributed by atoms with van der Waals surface area (Å²) in [5.41, 5.74) is 4.84. The van der Waals surface area contributed by atoms with Gasteiger partial charge in [-0.3, -0.25) is 9.67 Å². The molecule has 1 aliphatic heterocycles. The zero-order valence-electron chi connectivity index (χ0n) is 14.5. The van der Waals surface area contributed by atoms with Crippen LogP contribution in [0.2, 0.25) is 0 Å². The second-order valence-electron chi connectivity index (χ2n) is 7.00.